The number of nitrogens with zero attached hydrogens (tertiary/aromatic N) is 6. The molecule has 6 nitrogen and oxygen atoms in total. The first-order chi connectivity index (χ1) is 24.3. The van der Waals surface area contributed by atoms with E-state index < -0.39 is 8.07 Å². The van der Waals surface area contributed by atoms with Crippen LogP contribution in [0.3, 0.4) is 0 Å². The molecule has 0 unspecified atom stereocenters. The van der Waals surface area contributed by atoms with Crippen molar-refractivity contribution in [1.29, 1.82) is 0 Å². The Kier molecular flexibility index (Phi) is 17.0. The van der Waals surface area contributed by atoms with Crippen LogP contribution in [0.15, 0.2) is 40.5 Å². The van der Waals surface area contributed by atoms with E-state index in [-0.39, 0.29) is 40.6 Å². The van der Waals surface area contributed by atoms with Gasteiger partial charge in [-0.3, -0.25) is 0 Å². The zero-order valence-corrected chi connectivity index (χ0v) is 43.4. The van der Waals surface area contributed by atoms with E-state index in [4.69, 9.17) is 0 Å². The van der Waals surface area contributed by atoms with Crippen molar-refractivity contribution in [2.24, 2.45) is 0 Å². The van der Waals surface area contributed by atoms with E-state index in [9.17, 15) is 0 Å². The third-order valence-electron chi connectivity index (χ3n) is 12.8. The van der Waals surface area contributed by atoms with E-state index >= 15 is 0 Å². The Morgan fingerprint density at radius 2 is 0.518 bits per heavy atom. The molecule has 0 spiro atoms. The molecule has 3 aromatic rings. The monoisotopic (exact) mass is 874 g/mol. The van der Waals surface area contributed by atoms with Crippen LogP contribution >= 0.6 is 0 Å². The molecule has 3 aromatic carbocycles. The zero-order chi connectivity index (χ0) is 40.6. The van der Waals surface area contributed by atoms with Gasteiger partial charge in [0.2, 0.25) is 0 Å². The number of hydrogen-bond acceptors (Lipinski definition) is 6. The maximum absolute atomic E-state index is 3.33. The van der Waals surface area contributed by atoms with Crippen molar-refractivity contribution >= 4 is 57.8 Å². The van der Waals surface area contributed by atoms with Gasteiger partial charge >= 0.3 is 339 Å². The minimum Gasteiger partial charge on any atom is -1.00 e. The molecule has 0 atom stereocenters. The third kappa shape index (κ3) is 7.56. The molecule has 0 aliphatic heterocycles. The fourth-order valence-corrected chi connectivity index (χ4v) is 19.9. The van der Waals surface area contributed by atoms with Gasteiger partial charge in [-0.15, -0.1) is 0 Å². The molecule has 0 bridgehead atoms. The Morgan fingerprint density at radius 3 is 0.661 bits per heavy atom. The molecule has 0 heterocycles. The summed E-state index contributed by atoms with van der Waals surface area (Å²) in [6.07, 6.45) is 0. The molecule has 1 aliphatic rings. The normalized spacial score (nSPS) is 13.6. The molecular weight excluding hydrogens is 807 g/mol. The molecule has 0 saturated heterocycles. The first-order valence-corrected chi connectivity index (χ1v) is 21.7. The van der Waals surface area contributed by atoms with Gasteiger partial charge in [0.25, 0.3) is 0 Å². The Balaban J connectivity index is 0.00000523. The van der Waals surface area contributed by atoms with E-state index in [1.807, 2.05) is 0 Å². The van der Waals surface area contributed by atoms with E-state index in [2.05, 4.69) is 222 Å². The van der Waals surface area contributed by atoms with E-state index in [1.54, 1.807) is 0 Å². The van der Waals surface area contributed by atoms with Crippen LogP contribution in [-0.2, 0) is 20.4 Å². The number of allylic oxidation sites excluding steroid dienone is 4. The average Bonchev–Trinajstić information content (AvgIpc) is 3.19. The second-order valence-electron chi connectivity index (χ2n) is 17.0. The van der Waals surface area contributed by atoms with Gasteiger partial charge in [0, 0.05) is 0 Å². The minimum atomic E-state index is -3.33. The summed E-state index contributed by atoms with van der Waals surface area (Å²) in [5.74, 6) is 0. The van der Waals surface area contributed by atoms with Crippen molar-refractivity contribution in [3.05, 3.63) is 73.9 Å². The Hall–Kier alpha value is -2.26. The number of benzene rings is 3. The molecule has 1 aliphatic carbocycles. The number of rotatable bonds is 10. The van der Waals surface area contributed by atoms with Gasteiger partial charge in [-0.2, -0.15) is 0 Å². The summed E-state index contributed by atoms with van der Waals surface area (Å²) >= 11 is 2.65. The Bertz CT molecular complexity index is 1730. The summed E-state index contributed by atoms with van der Waals surface area (Å²) in [6.45, 7) is 24.2. The second kappa shape index (κ2) is 18.3. The quantitative estimate of drug-likeness (QED) is 0.179. The fraction of sp³-hybridized carbons (Fsp3) is 0.511. The van der Waals surface area contributed by atoms with E-state index in [1.165, 1.54) is 105 Å². The molecule has 0 amide bonds. The standard InChI is InChI=1S/C45H69N6Si.3ClH.Ti/c1-26-27(2)29(4)42(28(26)3)52(43-30(5)36(46(11)12)23-37(31(43)6)47(13)14,44-32(7)38(48(15)16)24-39(33(44)8)49(17)18)45-34(9)40(50(19)20)25-41(35(45)10)51(21)22;;;;/h23-25H,1-22H3;3*1H;/q;;;;+3/p-3. The largest absolute Gasteiger partial charge is 1.00 e. The molecule has 0 N–H and O–H groups in total. The molecule has 11 heteroatoms. The number of halogens is 3. The van der Waals surface area contributed by atoms with Gasteiger partial charge in [0.15, 0.2) is 0 Å². The first-order valence-electron chi connectivity index (χ1n) is 18.9. The SMILES string of the molecule is CC1=C(C)[C]([Ti+3])([Si](c2c(C)c(N(C)C)cc(N(C)C)c2C)(c2c(C)c(N(C)C)cc(N(C)C)c2C)c2c(C)c(N(C)C)cc(N(C)C)c2C)C(C)=C1C.[Cl-].[Cl-].[Cl-]. The number of anilines is 6. The zero-order valence-electron chi connectivity index (χ0n) is 38.5. The fourth-order valence-electron chi connectivity index (χ4n) is 10.0. The van der Waals surface area contributed by atoms with Gasteiger partial charge in [-0.05, 0) is 0 Å². The summed E-state index contributed by atoms with van der Waals surface area (Å²) in [5, 5.41) is 4.61. The van der Waals surface area contributed by atoms with Crippen molar-refractivity contribution in [3.8, 4) is 0 Å². The average molecular weight is 876 g/mol. The van der Waals surface area contributed by atoms with Gasteiger partial charge < -0.3 is 37.2 Å². The maximum Gasteiger partial charge on any atom is -1.00 e. The van der Waals surface area contributed by atoms with Crippen LogP contribution < -0.4 is 82.2 Å². The molecule has 56 heavy (non-hydrogen) atoms. The van der Waals surface area contributed by atoms with Crippen molar-refractivity contribution in [3.63, 3.8) is 0 Å². The first kappa shape index (κ1) is 51.8. The van der Waals surface area contributed by atoms with Crippen LogP contribution in [-0.4, -0.2) is 92.6 Å². The molecule has 0 fully saturated rings. The molecule has 0 radical (unpaired) electrons. The van der Waals surface area contributed by atoms with Crippen LogP contribution in [0.4, 0.5) is 34.1 Å². The maximum atomic E-state index is 2.65. The Morgan fingerprint density at radius 1 is 0.357 bits per heavy atom. The van der Waals surface area contributed by atoms with Gasteiger partial charge in [0.05, 0.1) is 0 Å². The van der Waals surface area contributed by atoms with Gasteiger partial charge in [0.1, 0.15) is 0 Å². The molecular formula is C45H69Cl3N6SiTi. The third-order valence-corrected chi connectivity index (χ3v) is 22.1. The summed E-state index contributed by atoms with van der Waals surface area (Å²) in [7, 11) is 23.2. The van der Waals surface area contributed by atoms with Crippen LogP contribution in [0, 0.1) is 41.5 Å². The van der Waals surface area contributed by atoms with E-state index in [0.717, 1.165) is 0 Å². The van der Waals surface area contributed by atoms with Crippen molar-refractivity contribution in [1.82, 2.24) is 0 Å². The minimum absolute atomic E-state index is 0. The van der Waals surface area contributed by atoms with Gasteiger partial charge in [-0.25, -0.2) is 0 Å². The summed E-state index contributed by atoms with van der Waals surface area (Å²) in [6, 6.07) is 7.28. The van der Waals surface area contributed by atoms with Crippen molar-refractivity contribution in [2.75, 3.05) is 114 Å². The van der Waals surface area contributed by atoms with Crippen LogP contribution in [0.2, 0.25) is 3.34 Å². The summed E-state index contributed by atoms with van der Waals surface area (Å²) in [4.78, 5) is 14.0. The van der Waals surface area contributed by atoms with Crippen LogP contribution in [0.1, 0.15) is 61.1 Å². The topological polar surface area (TPSA) is 19.4 Å². The predicted octanol–water partition coefficient (Wildman–Crippen LogP) is -1.65. The molecule has 4 rings (SSSR count). The smallest absolute Gasteiger partial charge is 1.00 e. The second-order valence-corrected chi connectivity index (χ2v) is 22.7. The van der Waals surface area contributed by atoms with Crippen LogP contribution in [0.25, 0.3) is 0 Å². The Labute approximate surface area is 373 Å². The predicted molar refractivity (Wildman–Crippen MR) is 238 cm³/mol. The molecule has 0 aromatic heterocycles. The van der Waals surface area contributed by atoms with Crippen molar-refractivity contribution < 1.29 is 57.7 Å². The summed E-state index contributed by atoms with van der Waals surface area (Å²) < 4.78 is -0.306. The molecule has 0 saturated carbocycles. The summed E-state index contributed by atoms with van der Waals surface area (Å²) in [5.41, 5.74) is 21.9. The number of hydrogen-bond donors (Lipinski definition) is 0. The van der Waals surface area contributed by atoms with E-state index in [0.29, 0.717) is 0 Å². The van der Waals surface area contributed by atoms with Crippen LogP contribution in [0.5, 0.6) is 0 Å². The van der Waals surface area contributed by atoms with Gasteiger partial charge in [-0.1, -0.05) is 0 Å². The van der Waals surface area contributed by atoms with Crippen molar-refractivity contribution in [2.45, 2.75) is 72.6 Å². The molecule has 308 valence electrons.